The van der Waals surface area contributed by atoms with Gasteiger partial charge in [-0.05, 0) is 32.5 Å². The van der Waals surface area contributed by atoms with Gasteiger partial charge < -0.3 is 15.5 Å². The number of nitrogens with two attached hydrogens (primary N) is 1. The van der Waals surface area contributed by atoms with Gasteiger partial charge in [-0.2, -0.15) is 0 Å². The number of nitrogens with zero attached hydrogens (tertiary/aromatic N) is 2. The molecule has 2 N–H and O–H groups in total. The lowest BCUT2D eigenvalue weighted by Crippen LogP contribution is -2.43. The molecule has 1 heterocycles. The largest absolute Gasteiger partial charge is 0.369 e. The molecule has 22 heavy (non-hydrogen) atoms. The van der Waals surface area contributed by atoms with Crippen LogP contribution in [-0.4, -0.2) is 54.8 Å². The van der Waals surface area contributed by atoms with Gasteiger partial charge in [0.2, 0.25) is 11.8 Å². The van der Waals surface area contributed by atoms with Gasteiger partial charge in [-0.3, -0.25) is 9.59 Å². The zero-order valence-electron chi connectivity index (χ0n) is 13.2. The van der Waals surface area contributed by atoms with E-state index in [2.05, 4.69) is 17.0 Å². The molecule has 0 bridgehead atoms. The SMILES string of the molecule is CN(C)[C@@H]1CN(C(=O)C2(C(N)=O)CC2)C[C@H]1c1ccccc1. The van der Waals surface area contributed by atoms with Gasteiger partial charge >= 0.3 is 0 Å². The summed E-state index contributed by atoms with van der Waals surface area (Å²) < 4.78 is 0. The Kier molecular flexibility index (Phi) is 3.68. The van der Waals surface area contributed by atoms with Crippen molar-refractivity contribution in [3.05, 3.63) is 35.9 Å². The van der Waals surface area contributed by atoms with E-state index in [0.717, 1.165) is 0 Å². The van der Waals surface area contributed by atoms with Crippen LogP contribution in [0.4, 0.5) is 0 Å². The van der Waals surface area contributed by atoms with Crippen molar-refractivity contribution in [2.75, 3.05) is 27.2 Å². The minimum Gasteiger partial charge on any atom is -0.369 e. The molecule has 1 aromatic rings. The van der Waals surface area contributed by atoms with Crippen molar-refractivity contribution in [3.63, 3.8) is 0 Å². The molecule has 1 saturated carbocycles. The molecule has 1 aliphatic carbocycles. The lowest BCUT2D eigenvalue weighted by molar-refractivity contribution is -0.142. The third-order valence-corrected chi connectivity index (χ3v) is 5.10. The molecule has 1 aliphatic heterocycles. The number of amides is 2. The van der Waals surface area contributed by atoms with Crippen LogP contribution in [0.3, 0.4) is 0 Å². The van der Waals surface area contributed by atoms with Crippen LogP contribution < -0.4 is 5.73 Å². The molecule has 5 heteroatoms. The summed E-state index contributed by atoms with van der Waals surface area (Å²) >= 11 is 0. The first kappa shape index (κ1) is 15.0. The number of likely N-dealkylation sites (N-methyl/N-ethyl adjacent to an activating group) is 1. The molecule has 0 radical (unpaired) electrons. The van der Waals surface area contributed by atoms with E-state index in [4.69, 9.17) is 5.73 Å². The highest BCUT2D eigenvalue weighted by Gasteiger charge is 2.58. The van der Waals surface area contributed by atoms with E-state index in [0.29, 0.717) is 25.9 Å². The maximum Gasteiger partial charge on any atom is 0.238 e. The number of benzene rings is 1. The van der Waals surface area contributed by atoms with E-state index >= 15 is 0 Å². The smallest absolute Gasteiger partial charge is 0.238 e. The zero-order valence-corrected chi connectivity index (χ0v) is 13.2. The third kappa shape index (κ3) is 2.39. The number of primary amides is 1. The highest BCUT2D eigenvalue weighted by molar-refractivity contribution is 6.07. The molecule has 2 fully saturated rings. The zero-order chi connectivity index (χ0) is 15.9. The van der Waals surface area contributed by atoms with E-state index in [9.17, 15) is 9.59 Å². The number of hydrogen-bond donors (Lipinski definition) is 1. The Balaban J connectivity index is 1.82. The fraction of sp³-hybridized carbons (Fsp3) is 0.529. The molecule has 2 atom stereocenters. The molecule has 2 aliphatic rings. The Bertz CT molecular complexity index is 581. The van der Waals surface area contributed by atoms with Crippen molar-refractivity contribution >= 4 is 11.8 Å². The second kappa shape index (κ2) is 5.39. The number of rotatable bonds is 4. The third-order valence-electron chi connectivity index (χ3n) is 5.10. The van der Waals surface area contributed by atoms with Gasteiger partial charge in [0.25, 0.3) is 0 Å². The minimum atomic E-state index is -0.914. The van der Waals surface area contributed by atoms with Crippen LogP contribution in [-0.2, 0) is 9.59 Å². The second-order valence-corrected chi connectivity index (χ2v) is 6.70. The topological polar surface area (TPSA) is 66.6 Å². The molecule has 0 spiro atoms. The molecule has 5 nitrogen and oxygen atoms in total. The maximum atomic E-state index is 12.7. The van der Waals surface area contributed by atoms with Crippen molar-refractivity contribution < 1.29 is 9.59 Å². The van der Waals surface area contributed by atoms with Gasteiger partial charge in [0.05, 0.1) is 0 Å². The number of hydrogen-bond acceptors (Lipinski definition) is 3. The first-order valence-electron chi connectivity index (χ1n) is 7.76. The van der Waals surface area contributed by atoms with Crippen LogP contribution in [0.2, 0.25) is 0 Å². The molecule has 0 unspecified atom stereocenters. The van der Waals surface area contributed by atoms with Gasteiger partial charge in [0, 0.05) is 25.0 Å². The van der Waals surface area contributed by atoms with E-state index in [1.54, 1.807) is 0 Å². The van der Waals surface area contributed by atoms with Crippen LogP contribution in [0, 0.1) is 5.41 Å². The van der Waals surface area contributed by atoms with Crippen LogP contribution in [0.25, 0.3) is 0 Å². The van der Waals surface area contributed by atoms with Crippen LogP contribution in [0.1, 0.15) is 24.3 Å². The van der Waals surface area contributed by atoms with E-state index in [-0.39, 0.29) is 17.9 Å². The Hall–Kier alpha value is -1.88. The molecule has 118 valence electrons. The monoisotopic (exact) mass is 301 g/mol. The fourth-order valence-corrected chi connectivity index (χ4v) is 3.50. The van der Waals surface area contributed by atoms with Crippen molar-refractivity contribution in [2.45, 2.75) is 24.8 Å². The summed E-state index contributed by atoms with van der Waals surface area (Å²) in [7, 11) is 4.07. The number of carbonyl (C=O) groups is 2. The molecule has 1 aromatic carbocycles. The predicted molar refractivity (Wildman–Crippen MR) is 84.1 cm³/mol. The first-order valence-corrected chi connectivity index (χ1v) is 7.76. The lowest BCUT2D eigenvalue weighted by atomic mass is 9.94. The average molecular weight is 301 g/mol. The van der Waals surface area contributed by atoms with E-state index in [1.807, 2.05) is 37.2 Å². The summed E-state index contributed by atoms with van der Waals surface area (Å²) in [5.41, 5.74) is 5.77. The maximum absolute atomic E-state index is 12.7. The van der Waals surface area contributed by atoms with Gasteiger partial charge in [-0.15, -0.1) is 0 Å². The molecular formula is C17H23N3O2. The van der Waals surface area contributed by atoms with Gasteiger partial charge in [-0.1, -0.05) is 30.3 Å². The lowest BCUT2D eigenvalue weighted by Gasteiger charge is -2.25. The van der Waals surface area contributed by atoms with Gasteiger partial charge in [0.1, 0.15) is 5.41 Å². The Morgan fingerprint density at radius 2 is 1.82 bits per heavy atom. The van der Waals surface area contributed by atoms with Gasteiger partial charge in [-0.25, -0.2) is 0 Å². The van der Waals surface area contributed by atoms with Gasteiger partial charge in [0.15, 0.2) is 0 Å². The van der Waals surface area contributed by atoms with Crippen LogP contribution >= 0.6 is 0 Å². The Morgan fingerprint density at radius 1 is 1.18 bits per heavy atom. The molecule has 1 saturated heterocycles. The molecule has 3 rings (SSSR count). The summed E-state index contributed by atoms with van der Waals surface area (Å²) in [6.45, 7) is 1.31. The normalized spacial score (nSPS) is 26.2. The molecular weight excluding hydrogens is 278 g/mol. The minimum absolute atomic E-state index is 0.0784. The second-order valence-electron chi connectivity index (χ2n) is 6.70. The van der Waals surface area contributed by atoms with Crippen molar-refractivity contribution in [1.82, 2.24) is 9.80 Å². The Labute approximate surface area is 131 Å². The number of likely N-dealkylation sites (tertiary alicyclic amines) is 1. The average Bonchev–Trinajstić information content (AvgIpc) is 3.20. The van der Waals surface area contributed by atoms with Crippen molar-refractivity contribution in [3.8, 4) is 0 Å². The van der Waals surface area contributed by atoms with E-state index in [1.165, 1.54) is 5.56 Å². The van der Waals surface area contributed by atoms with Crippen molar-refractivity contribution in [2.24, 2.45) is 11.1 Å². The summed E-state index contributed by atoms with van der Waals surface area (Å²) in [6, 6.07) is 10.5. The molecule has 0 aromatic heterocycles. The number of carbonyl (C=O) groups excluding carboxylic acids is 2. The van der Waals surface area contributed by atoms with Crippen LogP contribution in [0.5, 0.6) is 0 Å². The summed E-state index contributed by atoms with van der Waals surface area (Å²) in [4.78, 5) is 28.3. The van der Waals surface area contributed by atoms with Crippen molar-refractivity contribution in [1.29, 1.82) is 0 Å². The summed E-state index contributed by atoms with van der Waals surface area (Å²) in [5.74, 6) is -0.281. The van der Waals surface area contributed by atoms with Crippen LogP contribution in [0.15, 0.2) is 30.3 Å². The fourth-order valence-electron chi connectivity index (χ4n) is 3.50. The Morgan fingerprint density at radius 3 is 2.32 bits per heavy atom. The highest BCUT2D eigenvalue weighted by atomic mass is 16.2. The van der Waals surface area contributed by atoms with E-state index < -0.39 is 11.3 Å². The summed E-state index contributed by atoms with van der Waals surface area (Å²) in [6.07, 6.45) is 1.20. The standard InChI is InChI=1S/C17H23N3O2/c1-19(2)14-11-20(16(22)17(8-9-17)15(18)21)10-13(14)12-6-4-3-5-7-12/h3-7,13-14H,8-11H2,1-2H3,(H2,18,21)/t13-,14+/m0/s1. The molecule has 2 amide bonds. The highest BCUT2D eigenvalue weighted by Crippen LogP contribution is 2.48. The predicted octanol–water partition coefficient (Wildman–Crippen LogP) is 0.808. The summed E-state index contributed by atoms with van der Waals surface area (Å²) in [5, 5.41) is 0. The first-order chi connectivity index (χ1) is 10.5. The quantitative estimate of drug-likeness (QED) is 0.837.